The first-order chi connectivity index (χ1) is 5.37. The maximum atomic E-state index is 11.9. The van der Waals surface area contributed by atoms with E-state index in [1.807, 2.05) is 5.43 Å². The van der Waals surface area contributed by atoms with Crippen molar-refractivity contribution < 1.29 is 17.2 Å². The molecule has 0 fully saturated rings. The number of halogens is 2. The lowest BCUT2D eigenvalue weighted by Crippen LogP contribution is -2.41. The van der Waals surface area contributed by atoms with Gasteiger partial charge in [-0.05, 0) is 6.42 Å². The van der Waals surface area contributed by atoms with Gasteiger partial charge in [0.2, 0.25) is 0 Å². The van der Waals surface area contributed by atoms with E-state index in [2.05, 4.69) is 0 Å². The maximum absolute atomic E-state index is 11.9. The lowest BCUT2D eigenvalue weighted by Gasteiger charge is -2.13. The van der Waals surface area contributed by atoms with Crippen molar-refractivity contribution in [2.75, 3.05) is 12.0 Å². The number of hydrogen-bond acceptors (Lipinski definition) is 4. The Morgan fingerprint density at radius 2 is 2.00 bits per heavy atom. The summed E-state index contributed by atoms with van der Waals surface area (Å²) in [6.45, 7) is 0. The largest absolute Gasteiger partial charge is 0.271 e. The molecule has 7 heteroatoms. The molecule has 0 aromatic rings. The number of hydrazine groups is 1. The number of rotatable bonds is 5. The predicted molar refractivity (Wildman–Crippen MR) is 41.4 cm³/mol. The fourth-order valence-corrected chi connectivity index (χ4v) is 1.31. The summed E-state index contributed by atoms with van der Waals surface area (Å²) < 4.78 is 45.0. The van der Waals surface area contributed by atoms with Gasteiger partial charge in [0.15, 0.2) is 0 Å². The molecule has 0 spiro atoms. The van der Waals surface area contributed by atoms with Crippen LogP contribution in [0.2, 0.25) is 0 Å². The van der Waals surface area contributed by atoms with Crippen molar-refractivity contribution in [3.05, 3.63) is 0 Å². The molecule has 0 amide bonds. The maximum Gasteiger partial charge on any atom is 0.255 e. The molecule has 0 bridgehead atoms. The third kappa shape index (κ3) is 5.39. The minimum Gasteiger partial charge on any atom is -0.271 e. The second kappa shape index (κ2) is 4.68. The fourth-order valence-electron chi connectivity index (χ4n) is 0.623. The van der Waals surface area contributed by atoms with Crippen LogP contribution in [0, 0.1) is 0 Å². The van der Waals surface area contributed by atoms with Crippen molar-refractivity contribution in [3.63, 3.8) is 0 Å². The summed E-state index contributed by atoms with van der Waals surface area (Å²) in [7, 11) is -3.19. The van der Waals surface area contributed by atoms with Crippen molar-refractivity contribution in [2.45, 2.75) is 18.9 Å². The predicted octanol–water partition coefficient (Wildman–Crippen LogP) is -0.482. The van der Waals surface area contributed by atoms with E-state index in [1.54, 1.807) is 0 Å². The molecule has 4 nitrogen and oxygen atoms in total. The number of alkyl halides is 2. The van der Waals surface area contributed by atoms with Gasteiger partial charge < -0.3 is 0 Å². The zero-order valence-electron chi connectivity index (χ0n) is 6.63. The summed E-state index contributed by atoms with van der Waals surface area (Å²) in [5, 5.41) is 0. The second-order valence-corrected chi connectivity index (χ2v) is 4.79. The number of sulfone groups is 1. The van der Waals surface area contributed by atoms with Crippen molar-refractivity contribution >= 4 is 9.84 Å². The minimum atomic E-state index is -3.19. The average molecular weight is 202 g/mol. The van der Waals surface area contributed by atoms with Crippen LogP contribution in [0.5, 0.6) is 0 Å². The van der Waals surface area contributed by atoms with Gasteiger partial charge in [0.05, 0.1) is 11.8 Å². The van der Waals surface area contributed by atoms with Gasteiger partial charge in [-0.2, -0.15) is 0 Å². The molecule has 3 N–H and O–H groups in total. The van der Waals surface area contributed by atoms with E-state index in [0.717, 1.165) is 6.26 Å². The normalized spacial score (nSPS) is 15.1. The van der Waals surface area contributed by atoms with E-state index in [9.17, 15) is 17.2 Å². The van der Waals surface area contributed by atoms with Gasteiger partial charge in [0, 0.05) is 6.26 Å². The first-order valence-electron chi connectivity index (χ1n) is 3.29. The Kier molecular flexibility index (Phi) is 4.58. The van der Waals surface area contributed by atoms with Crippen molar-refractivity contribution in [2.24, 2.45) is 5.84 Å². The van der Waals surface area contributed by atoms with E-state index in [4.69, 9.17) is 5.84 Å². The molecule has 0 heterocycles. The quantitative estimate of drug-likeness (QED) is 0.466. The van der Waals surface area contributed by atoms with Crippen LogP contribution in [0.1, 0.15) is 6.42 Å². The van der Waals surface area contributed by atoms with Crippen molar-refractivity contribution in [1.29, 1.82) is 0 Å². The van der Waals surface area contributed by atoms with E-state index < -0.39 is 22.3 Å². The summed E-state index contributed by atoms with van der Waals surface area (Å²) in [6, 6.07) is -1.25. The smallest absolute Gasteiger partial charge is 0.255 e. The Morgan fingerprint density at radius 3 is 2.25 bits per heavy atom. The molecule has 0 aliphatic carbocycles. The molecular weight excluding hydrogens is 190 g/mol. The molecular formula is C5H12F2N2O2S. The minimum absolute atomic E-state index is 0.174. The molecule has 0 aliphatic heterocycles. The summed E-state index contributed by atoms with van der Waals surface area (Å²) in [6.07, 6.45) is -1.82. The highest BCUT2D eigenvalue weighted by Crippen LogP contribution is 2.05. The van der Waals surface area contributed by atoms with Crippen molar-refractivity contribution in [1.82, 2.24) is 5.43 Å². The molecule has 1 unspecified atom stereocenters. The van der Waals surface area contributed by atoms with Crippen LogP contribution in [0.25, 0.3) is 0 Å². The Labute approximate surface area is 70.0 Å². The van der Waals surface area contributed by atoms with Crippen LogP contribution in [0.15, 0.2) is 0 Å². The van der Waals surface area contributed by atoms with Crippen LogP contribution < -0.4 is 11.3 Å². The molecule has 12 heavy (non-hydrogen) atoms. The van der Waals surface area contributed by atoms with Crippen LogP contribution in [0.4, 0.5) is 8.78 Å². The highest BCUT2D eigenvalue weighted by atomic mass is 32.2. The zero-order chi connectivity index (χ0) is 9.78. The molecule has 0 aromatic heterocycles. The standard InChI is InChI=1S/C5H12F2N2O2S/c1-12(10,11)3-2-4(9-8)5(6)7/h4-5,9H,2-3,8H2,1H3. The summed E-state index contributed by atoms with van der Waals surface area (Å²) in [5.41, 5.74) is 1.86. The fraction of sp³-hybridized carbons (Fsp3) is 1.00. The molecule has 1 atom stereocenters. The van der Waals surface area contributed by atoms with Crippen LogP contribution in [-0.2, 0) is 9.84 Å². The number of nitrogens with two attached hydrogens (primary N) is 1. The number of nitrogens with one attached hydrogen (secondary N) is 1. The Bertz CT molecular complexity index is 217. The molecule has 0 aliphatic rings. The topological polar surface area (TPSA) is 72.2 Å². The van der Waals surface area contributed by atoms with E-state index in [0.29, 0.717) is 0 Å². The van der Waals surface area contributed by atoms with Crippen LogP contribution >= 0.6 is 0 Å². The van der Waals surface area contributed by atoms with Gasteiger partial charge in [-0.1, -0.05) is 0 Å². The van der Waals surface area contributed by atoms with Crippen LogP contribution in [-0.4, -0.2) is 32.9 Å². The molecule has 0 saturated carbocycles. The van der Waals surface area contributed by atoms with Gasteiger partial charge in [0.1, 0.15) is 9.84 Å². The van der Waals surface area contributed by atoms with E-state index in [1.165, 1.54) is 0 Å². The van der Waals surface area contributed by atoms with Crippen molar-refractivity contribution in [3.8, 4) is 0 Å². The van der Waals surface area contributed by atoms with E-state index >= 15 is 0 Å². The average Bonchev–Trinajstić information content (AvgIpc) is 1.85. The first kappa shape index (κ1) is 11.7. The zero-order valence-corrected chi connectivity index (χ0v) is 7.44. The Morgan fingerprint density at radius 1 is 1.50 bits per heavy atom. The molecule has 74 valence electrons. The highest BCUT2D eigenvalue weighted by Gasteiger charge is 2.19. The molecule has 0 aromatic carbocycles. The summed E-state index contributed by atoms with van der Waals surface area (Å²) >= 11 is 0. The first-order valence-corrected chi connectivity index (χ1v) is 5.35. The van der Waals surface area contributed by atoms with Gasteiger partial charge >= 0.3 is 0 Å². The number of hydrogen-bond donors (Lipinski definition) is 2. The van der Waals surface area contributed by atoms with Gasteiger partial charge in [-0.15, -0.1) is 0 Å². The lowest BCUT2D eigenvalue weighted by atomic mass is 10.2. The molecule has 0 saturated heterocycles. The van der Waals surface area contributed by atoms with E-state index in [-0.39, 0.29) is 12.2 Å². The van der Waals surface area contributed by atoms with Gasteiger partial charge in [-0.3, -0.25) is 11.3 Å². The monoisotopic (exact) mass is 202 g/mol. The summed E-state index contributed by atoms with van der Waals surface area (Å²) in [5.74, 6) is 4.49. The highest BCUT2D eigenvalue weighted by molar-refractivity contribution is 7.90. The van der Waals surface area contributed by atoms with Gasteiger partial charge in [-0.25, -0.2) is 17.2 Å². The molecule has 0 rings (SSSR count). The summed E-state index contributed by atoms with van der Waals surface area (Å²) in [4.78, 5) is 0. The lowest BCUT2D eigenvalue weighted by molar-refractivity contribution is 0.0970. The second-order valence-electron chi connectivity index (χ2n) is 2.53. The third-order valence-corrected chi connectivity index (χ3v) is 2.30. The van der Waals surface area contributed by atoms with Gasteiger partial charge in [0.25, 0.3) is 6.43 Å². The third-order valence-electron chi connectivity index (χ3n) is 1.32. The Balaban J connectivity index is 3.90. The Hall–Kier alpha value is -0.270. The SMILES string of the molecule is CS(=O)(=O)CCC(NN)C(F)F. The van der Waals surface area contributed by atoms with Crippen LogP contribution in [0.3, 0.4) is 0 Å². The molecule has 0 radical (unpaired) electrons.